The maximum absolute atomic E-state index is 9.10. The molecule has 1 saturated heterocycles. The minimum absolute atomic E-state index is 0.491. The van der Waals surface area contributed by atoms with Crippen LogP contribution in [-0.2, 0) is 9.59 Å². The van der Waals surface area contributed by atoms with Crippen LogP contribution in [0.2, 0.25) is 0 Å². The quantitative estimate of drug-likeness (QED) is 0.265. The van der Waals surface area contributed by atoms with Gasteiger partial charge in [0.05, 0.1) is 17.5 Å². The second-order valence-corrected chi connectivity index (χ2v) is 9.56. The Labute approximate surface area is 213 Å². The van der Waals surface area contributed by atoms with Crippen molar-refractivity contribution in [2.45, 2.75) is 13.3 Å². The summed E-state index contributed by atoms with van der Waals surface area (Å²) in [5.41, 5.74) is 0. The van der Waals surface area contributed by atoms with Gasteiger partial charge in [-0.05, 0) is 30.1 Å². The molecule has 1 aromatic carbocycles. The lowest BCUT2D eigenvalue weighted by Crippen LogP contribution is -2.47. The van der Waals surface area contributed by atoms with E-state index in [0.29, 0.717) is 23.6 Å². The van der Waals surface area contributed by atoms with Crippen molar-refractivity contribution in [2.24, 2.45) is 0 Å². The van der Waals surface area contributed by atoms with E-state index in [2.05, 4.69) is 53.6 Å². The minimum Gasteiger partial charge on any atom is -0.473 e. The van der Waals surface area contributed by atoms with E-state index in [9.17, 15) is 0 Å². The maximum Gasteiger partial charge on any atom is 0.414 e. The number of aliphatic carboxylic acids is 2. The molecule has 5 rings (SSSR count). The highest BCUT2D eigenvalue weighted by Crippen LogP contribution is 2.30. The third-order valence-electron chi connectivity index (χ3n) is 5.28. The number of fused-ring (bicyclic) bond motifs is 1. The zero-order valence-corrected chi connectivity index (χ0v) is 21.0. The van der Waals surface area contributed by atoms with Gasteiger partial charge in [-0.25, -0.2) is 14.6 Å². The number of ether oxygens (including phenoxy) is 1. The van der Waals surface area contributed by atoms with Gasteiger partial charge in [-0.3, -0.25) is 4.90 Å². The molecule has 2 N–H and O–H groups in total. The molecule has 3 aromatic heterocycles. The van der Waals surface area contributed by atoms with Gasteiger partial charge < -0.3 is 24.3 Å². The number of carboxylic acid groups (broad SMARTS) is 2. The Bertz CT molecular complexity index is 1300. The highest BCUT2D eigenvalue weighted by Gasteiger charge is 2.20. The molecule has 190 valence electrons. The molecular weight excluding hydrogens is 508 g/mol. The third kappa shape index (κ3) is 6.53. The van der Waals surface area contributed by atoms with Gasteiger partial charge in [-0.2, -0.15) is 4.37 Å². The molecule has 1 fully saturated rings. The van der Waals surface area contributed by atoms with Gasteiger partial charge in [0.25, 0.3) is 11.1 Å². The fourth-order valence-electron chi connectivity index (χ4n) is 3.55. The molecule has 0 bridgehead atoms. The van der Waals surface area contributed by atoms with Gasteiger partial charge in [0, 0.05) is 45.0 Å². The molecular formula is C22H24N6O6S2. The summed E-state index contributed by atoms with van der Waals surface area (Å²) in [6.45, 7) is 7.54. The first kappa shape index (κ1) is 25.5. The Kier molecular flexibility index (Phi) is 8.40. The van der Waals surface area contributed by atoms with E-state index in [1.54, 1.807) is 24.7 Å². The van der Waals surface area contributed by atoms with Crippen molar-refractivity contribution in [3.05, 3.63) is 36.4 Å². The minimum atomic E-state index is -1.82. The summed E-state index contributed by atoms with van der Waals surface area (Å²) in [5, 5.41) is 24.5. The normalized spacial score (nSPS) is 13.9. The van der Waals surface area contributed by atoms with Crippen LogP contribution in [0.25, 0.3) is 20.9 Å². The Morgan fingerprint density at radius 1 is 1.11 bits per heavy atom. The van der Waals surface area contributed by atoms with E-state index in [4.69, 9.17) is 29.0 Å². The zero-order chi connectivity index (χ0) is 25.5. The summed E-state index contributed by atoms with van der Waals surface area (Å²) in [5.74, 6) is -1.48. The van der Waals surface area contributed by atoms with Crippen LogP contribution in [0.15, 0.2) is 34.9 Å². The standard InChI is InChI=1S/C20H22N6O2S2.C2H2O4/c1-14-22-23-19(28-14)17-13-21-20(29-17)27-12-4-7-25-8-10-26(11-9-25)18-15-5-2-3-6-16(15)30-24-18;3-1(4)2(5)6/h2-3,5-6,13H,4,7-12H2,1H3;(H,3,4)(H,5,6). The van der Waals surface area contributed by atoms with Crippen LogP contribution in [0, 0.1) is 6.92 Å². The molecule has 1 aliphatic rings. The number of hydrogen-bond donors (Lipinski definition) is 2. The number of piperazine rings is 1. The van der Waals surface area contributed by atoms with Crippen LogP contribution in [0.3, 0.4) is 0 Å². The molecule has 1 aliphatic heterocycles. The van der Waals surface area contributed by atoms with E-state index in [-0.39, 0.29) is 0 Å². The molecule has 0 atom stereocenters. The number of thiazole rings is 1. The van der Waals surface area contributed by atoms with Crippen molar-refractivity contribution >= 4 is 50.7 Å². The molecule has 0 aliphatic carbocycles. The lowest BCUT2D eigenvalue weighted by molar-refractivity contribution is -0.159. The predicted octanol–water partition coefficient (Wildman–Crippen LogP) is 2.86. The maximum atomic E-state index is 9.10. The van der Waals surface area contributed by atoms with E-state index in [1.165, 1.54) is 21.4 Å². The van der Waals surface area contributed by atoms with Gasteiger partial charge in [0.15, 0.2) is 0 Å². The molecule has 0 spiro atoms. The molecule has 0 radical (unpaired) electrons. The average Bonchev–Trinajstić information content (AvgIpc) is 3.62. The monoisotopic (exact) mass is 532 g/mol. The van der Waals surface area contributed by atoms with Gasteiger partial charge >= 0.3 is 11.9 Å². The van der Waals surface area contributed by atoms with Crippen LogP contribution in [-0.4, -0.2) is 85.9 Å². The Morgan fingerprint density at radius 2 is 1.86 bits per heavy atom. The summed E-state index contributed by atoms with van der Waals surface area (Å²) >= 11 is 3.01. The number of hydrogen-bond acceptors (Lipinski definition) is 12. The van der Waals surface area contributed by atoms with Crippen molar-refractivity contribution in [2.75, 3.05) is 44.2 Å². The summed E-state index contributed by atoms with van der Waals surface area (Å²) in [4.78, 5) is 28.2. The molecule has 4 aromatic rings. The Morgan fingerprint density at radius 3 is 2.56 bits per heavy atom. The van der Waals surface area contributed by atoms with E-state index >= 15 is 0 Å². The number of aromatic nitrogens is 4. The average molecular weight is 533 g/mol. The predicted molar refractivity (Wildman–Crippen MR) is 134 cm³/mol. The van der Waals surface area contributed by atoms with E-state index in [1.807, 2.05) is 0 Å². The van der Waals surface area contributed by atoms with E-state index < -0.39 is 11.9 Å². The lowest BCUT2D eigenvalue weighted by atomic mass is 10.2. The molecule has 36 heavy (non-hydrogen) atoms. The Balaban J connectivity index is 0.000000455. The molecule has 0 saturated carbocycles. The first-order valence-corrected chi connectivity index (χ1v) is 12.7. The van der Waals surface area contributed by atoms with Crippen molar-refractivity contribution in [1.29, 1.82) is 0 Å². The molecule has 4 heterocycles. The smallest absolute Gasteiger partial charge is 0.414 e. The number of carboxylic acids is 2. The first-order chi connectivity index (χ1) is 17.4. The summed E-state index contributed by atoms with van der Waals surface area (Å²) in [6, 6.07) is 8.47. The summed E-state index contributed by atoms with van der Waals surface area (Å²) in [7, 11) is 0. The fraction of sp³-hybridized carbons (Fsp3) is 0.364. The highest BCUT2D eigenvalue weighted by molar-refractivity contribution is 7.16. The van der Waals surface area contributed by atoms with Gasteiger partial charge in [-0.15, -0.1) is 10.2 Å². The van der Waals surface area contributed by atoms with Crippen molar-refractivity contribution in [1.82, 2.24) is 24.5 Å². The second kappa shape index (κ2) is 11.9. The van der Waals surface area contributed by atoms with Crippen LogP contribution in [0.4, 0.5) is 5.82 Å². The summed E-state index contributed by atoms with van der Waals surface area (Å²) < 4.78 is 17.2. The second-order valence-electron chi connectivity index (χ2n) is 7.76. The van der Waals surface area contributed by atoms with Crippen LogP contribution in [0.5, 0.6) is 5.19 Å². The largest absolute Gasteiger partial charge is 0.473 e. The SMILES string of the molecule is Cc1nnc(-c2cnc(OCCCN3CCN(c4nsc5ccccc45)CC3)s2)o1.O=C(O)C(=O)O. The molecule has 0 unspecified atom stereocenters. The molecule has 0 amide bonds. The topological polar surface area (TPSA) is 155 Å². The number of benzene rings is 1. The van der Waals surface area contributed by atoms with Gasteiger partial charge in [0.1, 0.15) is 10.7 Å². The fourth-order valence-corrected chi connectivity index (χ4v) is 5.06. The van der Waals surface area contributed by atoms with Crippen molar-refractivity contribution < 1.29 is 29.0 Å². The molecule has 12 nitrogen and oxygen atoms in total. The van der Waals surface area contributed by atoms with Gasteiger partial charge in [-0.1, -0.05) is 23.5 Å². The van der Waals surface area contributed by atoms with Crippen LogP contribution >= 0.6 is 22.9 Å². The number of aryl methyl sites for hydroxylation is 1. The van der Waals surface area contributed by atoms with Crippen molar-refractivity contribution in [3.8, 4) is 16.0 Å². The number of nitrogens with zero attached hydrogens (tertiary/aromatic N) is 6. The molecule has 14 heteroatoms. The summed E-state index contributed by atoms with van der Waals surface area (Å²) in [6.07, 6.45) is 2.68. The lowest BCUT2D eigenvalue weighted by Gasteiger charge is -2.35. The highest BCUT2D eigenvalue weighted by atomic mass is 32.1. The zero-order valence-electron chi connectivity index (χ0n) is 19.4. The van der Waals surface area contributed by atoms with E-state index in [0.717, 1.165) is 49.8 Å². The van der Waals surface area contributed by atoms with Gasteiger partial charge in [0.2, 0.25) is 5.89 Å². The number of carbonyl (C=O) groups is 2. The first-order valence-electron chi connectivity index (χ1n) is 11.1. The number of rotatable bonds is 7. The number of anilines is 1. The Hall–Kier alpha value is -3.62. The van der Waals surface area contributed by atoms with Crippen LogP contribution < -0.4 is 9.64 Å². The third-order valence-corrected chi connectivity index (χ3v) is 6.99. The van der Waals surface area contributed by atoms with Crippen molar-refractivity contribution in [3.63, 3.8) is 0 Å². The van der Waals surface area contributed by atoms with Crippen LogP contribution in [0.1, 0.15) is 12.3 Å².